The molecule has 1 atom stereocenters. The van der Waals surface area contributed by atoms with Gasteiger partial charge >= 0.3 is 0 Å². The number of unbranched alkanes of at least 4 members (excludes halogenated alkanes) is 1. The zero-order chi connectivity index (χ0) is 37.5. The largest absolute Gasteiger partial charge is 0.508 e. The zero-order valence-corrected chi connectivity index (χ0v) is 30.6. The Morgan fingerprint density at radius 2 is 1.52 bits per heavy atom. The lowest BCUT2D eigenvalue weighted by atomic mass is 10.0. The maximum atomic E-state index is 13.4. The van der Waals surface area contributed by atoms with E-state index >= 15 is 0 Å². The number of anilines is 4. The van der Waals surface area contributed by atoms with E-state index < -0.39 is 5.91 Å². The number of hydrogen-bond donors (Lipinski definition) is 8. The van der Waals surface area contributed by atoms with Crippen LogP contribution in [0.2, 0.25) is 0 Å². The molecule has 6 rings (SSSR count). The Bertz CT molecular complexity index is 2160. The Morgan fingerprint density at radius 1 is 0.833 bits per heavy atom. The third-order valence-corrected chi connectivity index (χ3v) is 9.08. The van der Waals surface area contributed by atoms with Crippen molar-refractivity contribution in [3.8, 4) is 5.75 Å². The highest BCUT2D eigenvalue weighted by Gasteiger charge is 2.34. The van der Waals surface area contributed by atoms with Crippen LogP contribution in [-0.4, -0.2) is 70.1 Å². The normalized spacial score (nSPS) is 13.2. The summed E-state index contributed by atoms with van der Waals surface area (Å²) in [6.45, 7) is 1.41. The highest BCUT2D eigenvalue weighted by atomic mass is 35.5. The molecule has 2 aromatic carbocycles. The Labute approximate surface area is 320 Å². The van der Waals surface area contributed by atoms with Gasteiger partial charge in [-0.2, -0.15) is 0 Å². The quantitative estimate of drug-likeness (QED) is 0.0487. The Hall–Kier alpha value is -5.77. The third-order valence-electron chi connectivity index (χ3n) is 8.71. The first-order chi connectivity index (χ1) is 25.6. The predicted molar refractivity (Wildman–Crippen MR) is 208 cm³/mol. The van der Waals surface area contributed by atoms with Crippen molar-refractivity contribution < 1.29 is 33.5 Å². The van der Waals surface area contributed by atoms with Gasteiger partial charge in [-0.25, -0.2) is 0 Å². The molecule has 5 aromatic rings. The summed E-state index contributed by atoms with van der Waals surface area (Å²) in [4.78, 5) is 70.8. The average Bonchev–Trinajstić information content (AvgIpc) is 3.95. The Kier molecular flexibility index (Phi) is 13.0. The number of hydrogen-bond acceptors (Lipinski definition) is 8. The van der Waals surface area contributed by atoms with Crippen LogP contribution in [0.1, 0.15) is 75.1 Å². The van der Waals surface area contributed by atoms with E-state index in [2.05, 4.69) is 31.2 Å². The van der Waals surface area contributed by atoms with Crippen molar-refractivity contribution >= 4 is 87.3 Å². The number of carbonyl (C=O) groups is 5. The number of aromatic amines is 2. The molecule has 0 saturated carbocycles. The first-order valence-corrected chi connectivity index (χ1v) is 17.7. The van der Waals surface area contributed by atoms with Crippen molar-refractivity contribution in [3.63, 3.8) is 0 Å². The molecule has 1 aliphatic rings. The fourth-order valence-electron chi connectivity index (χ4n) is 6.03. The monoisotopic (exact) mass is 778 g/mol. The van der Waals surface area contributed by atoms with Crippen molar-refractivity contribution in [3.05, 3.63) is 89.7 Å². The van der Waals surface area contributed by atoms with E-state index in [1.54, 1.807) is 41.3 Å². The van der Waals surface area contributed by atoms with Crippen LogP contribution in [0.5, 0.6) is 5.75 Å². The van der Waals surface area contributed by atoms with Crippen LogP contribution in [-0.2, 0) is 9.59 Å². The van der Waals surface area contributed by atoms with Crippen molar-refractivity contribution in [2.75, 3.05) is 46.4 Å². The summed E-state index contributed by atoms with van der Waals surface area (Å²) < 4.78 is 5.84. The smallest absolute Gasteiger partial charge is 0.294 e. The number of fused-ring (bicyclic) bond motifs is 2. The number of benzene rings is 2. The molecule has 0 spiro atoms. The van der Waals surface area contributed by atoms with E-state index in [1.165, 1.54) is 30.6 Å². The standard InChI is InChI=1S/C37H39ClN8O7.ClH/c38-17-22-20-46(30-16-26(47)7-8-27(22)30)37(52)32-13-21-12-23(6-9-31(21)53-32)43-33(48)4-3-5-34(49)44-24-14-29(42-18-24)36(51)45-25-15-28(41-19-25)35(50)40-11-2-1-10-39;/h6-9,12-16,18-19,22,41-42,47H,1-5,10-11,17,20,39H2,(H,40,50)(H,43,48)(H,44,49)(H,45,51);1H. The molecule has 0 radical (unpaired) electrons. The highest BCUT2D eigenvalue weighted by molar-refractivity contribution is 6.19. The second-order valence-corrected chi connectivity index (χ2v) is 12.9. The Morgan fingerprint density at radius 3 is 2.22 bits per heavy atom. The minimum absolute atomic E-state index is 0. The molecular weight excluding hydrogens is 739 g/mol. The van der Waals surface area contributed by atoms with Crippen LogP contribution in [0.3, 0.4) is 0 Å². The van der Waals surface area contributed by atoms with E-state index in [4.69, 9.17) is 21.8 Å². The van der Waals surface area contributed by atoms with Crippen LogP contribution < -0.4 is 31.9 Å². The number of H-pyrrole nitrogens is 2. The first-order valence-electron chi connectivity index (χ1n) is 17.1. The Balaban J connectivity index is 0.00000561. The lowest BCUT2D eigenvalue weighted by Crippen LogP contribution is -2.29. The summed E-state index contributed by atoms with van der Waals surface area (Å²) >= 11 is 6.14. The van der Waals surface area contributed by atoms with Gasteiger partial charge in [0.1, 0.15) is 22.7 Å². The second-order valence-electron chi connectivity index (χ2n) is 12.6. The highest BCUT2D eigenvalue weighted by Crippen LogP contribution is 2.40. The molecule has 1 aliphatic heterocycles. The summed E-state index contributed by atoms with van der Waals surface area (Å²) in [6.07, 6.45) is 4.98. The molecule has 17 heteroatoms. The summed E-state index contributed by atoms with van der Waals surface area (Å²) in [5.41, 5.74) is 9.18. The molecule has 0 fully saturated rings. The molecule has 15 nitrogen and oxygen atoms in total. The van der Waals surface area contributed by atoms with Crippen molar-refractivity contribution in [2.24, 2.45) is 5.73 Å². The van der Waals surface area contributed by atoms with E-state index in [1.807, 2.05) is 0 Å². The lowest BCUT2D eigenvalue weighted by molar-refractivity contribution is -0.117. The fourth-order valence-corrected chi connectivity index (χ4v) is 6.29. The summed E-state index contributed by atoms with van der Waals surface area (Å²) in [5, 5.41) is 21.6. The number of alkyl halides is 1. The van der Waals surface area contributed by atoms with Crippen LogP contribution in [0.4, 0.5) is 22.7 Å². The molecule has 284 valence electrons. The molecule has 0 aliphatic carbocycles. The topological polar surface area (TPSA) is 228 Å². The molecule has 3 aromatic heterocycles. The van der Waals surface area contributed by atoms with Gasteiger partial charge in [-0.15, -0.1) is 24.0 Å². The van der Waals surface area contributed by atoms with Gasteiger partial charge in [0.15, 0.2) is 5.76 Å². The zero-order valence-electron chi connectivity index (χ0n) is 29.0. The molecule has 5 amide bonds. The molecule has 4 heterocycles. The van der Waals surface area contributed by atoms with Gasteiger partial charge in [0.05, 0.1) is 17.1 Å². The van der Waals surface area contributed by atoms with Gasteiger partial charge in [0.2, 0.25) is 11.8 Å². The number of nitrogens with zero attached hydrogens (tertiary/aromatic N) is 1. The van der Waals surface area contributed by atoms with E-state index in [0.717, 1.165) is 18.4 Å². The van der Waals surface area contributed by atoms with Crippen molar-refractivity contribution in [1.29, 1.82) is 0 Å². The number of nitrogens with two attached hydrogens (primary N) is 1. The summed E-state index contributed by atoms with van der Waals surface area (Å²) in [6, 6.07) is 14.5. The number of phenols is 1. The van der Waals surface area contributed by atoms with Crippen LogP contribution in [0, 0.1) is 0 Å². The van der Waals surface area contributed by atoms with Gasteiger partial charge in [0, 0.05) is 67.3 Å². The second kappa shape index (κ2) is 17.8. The minimum atomic E-state index is -0.466. The van der Waals surface area contributed by atoms with Crippen LogP contribution in [0.15, 0.2) is 71.4 Å². The number of nitrogens with one attached hydrogen (secondary N) is 6. The first kappa shape index (κ1) is 39.4. The number of carbonyl (C=O) groups excluding carboxylic acids is 5. The van der Waals surface area contributed by atoms with E-state index in [0.29, 0.717) is 64.9 Å². The SMILES string of the molecule is Cl.NCCCCNC(=O)c1cc(NC(=O)c2cc(NC(=O)CCCC(=O)Nc3ccc4oc(C(=O)N5CC(CCl)c6ccc(O)cc65)cc4c3)c[nH]2)c[nH]1. The molecule has 9 N–H and O–H groups in total. The van der Waals surface area contributed by atoms with Gasteiger partial charge < -0.3 is 51.4 Å². The van der Waals surface area contributed by atoms with E-state index in [9.17, 15) is 29.1 Å². The average molecular weight is 780 g/mol. The molecule has 1 unspecified atom stereocenters. The van der Waals surface area contributed by atoms with Gasteiger partial charge in [-0.05, 0) is 73.8 Å². The number of furan rings is 1. The fraction of sp³-hybridized carbons (Fsp3) is 0.270. The number of aromatic hydroxyl groups is 1. The van der Waals surface area contributed by atoms with Gasteiger partial charge in [-0.3, -0.25) is 24.0 Å². The maximum Gasteiger partial charge on any atom is 0.294 e. The molecule has 0 saturated heterocycles. The molecule has 54 heavy (non-hydrogen) atoms. The number of phenolic OH excluding ortho intramolecular Hbond substituents is 1. The van der Waals surface area contributed by atoms with Crippen molar-refractivity contribution in [2.45, 2.75) is 38.0 Å². The molecular formula is C37H40Cl2N8O7. The van der Waals surface area contributed by atoms with Crippen molar-refractivity contribution in [1.82, 2.24) is 15.3 Å². The molecule has 0 bridgehead atoms. The van der Waals surface area contributed by atoms with Gasteiger partial charge in [0.25, 0.3) is 17.7 Å². The predicted octanol–water partition coefficient (Wildman–Crippen LogP) is 5.67. The van der Waals surface area contributed by atoms with Gasteiger partial charge in [-0.1, -0.05) is 6.07 Å². The number of aromatic nitrogens is 2. The number of amides is 5. The summed E-state index contributed by atoms with van der Waals surface area (Å²) in [5.74, 6) is -1.35. The summed E-state index contributed by atoms with van der Waals surface area (Å²) in [7, 11) is 0. The minimum Gasteiger partial charge on any atom is -0.508 e. The number of rotatable bonds is 15. The third kappa shape index (κ3) is 9.41. The van der Waals surface area contributed by atoms with Crippen LogP contribution in [0.25, 0.3) is 11.0 Å². The lowest BCUT2D eigenvalue weighted by Gasteiger charge is -2.16. The maximum absolute atomic E-state index is 13.4. The van der Waals surface area contributed by atoms with E-state index in [-0.39, 0.29) is 78.4 Å². The number of halogens is 2. The van der Waals surface area contributed by atoms with Crippen LogP contribution >= 0.6 is 24.0 Å².